The van der Waals surface area contributed by atoms with Crippen LogP contribution in [0.1, 0.15) is 6.92 Å². The van der Waals surface area contributed by atoms with Crippen LogP contribution in [0, 0.1) is 0 Å². The number of nitrogens with one attached hydrogen (secondary N) is 1. The summed E-state index contributed by atoms with van der Waals surface area (Å²) in [5.74, 6) is 3.12. The minimum atomic E-state index is -0.642. The third kappa shape index (κ3) is 10.5. The molecule has 11 heavy (non-hydrogen) atoms. The molecular formula is C7H17NOS2. The molecule has 0 saturated heterocycles. The van der Waals surface area contributed by atoms with Crippen LogP contribution in [-0.2, 0) is 10.8 Å². The molecule has 0 aliphatic rings. The van der Waals surface area contributed by atoms with E-state index in [2.05, 4.69) is 12.2 Å². The van der Waals surface area contributed by atoms with E-state index in [4.69, 9.17) is 0 Å². The summed E-state index contributed by atoms with van der Waals surface area (Å²) in [6, 6.07) is 0. The molecule has 0 aromatic carbocycles. The first-order valence-corrected chi connectivity index (χ1v) is 6.74. The SMILES string of the molecule is CCSCCNCCS(C)=O. The number of thioether (sulfide) groups is 1. The largest absolute Gasteiger partial charge is 0.315 e. The first-order chi connectivity index (χ1) is 5.27. The zero-order valence-electron chi connectivity index (χ0n) is 7.26. The van der Waals surface area contributed by atoms with Crippen molar-refractivity contribution in [2.75, 3.05) is 36.6 Å². The highest BCUT2D eigenvalue weighted by atomic mass is 32.2. The molecule has 0 rings (SSSR count). The molecule has 0 saturated carbocycles. The molecule has 1 N–H and O–H groups in total. The van der Waals surface area contributed by atoms with Crippen molar-refractivity contribution in [3.8, 4) is 0 Å². The summed E-state index contributed by atoms with van der Waals surface area (Å²) in [5, 5.41) is 3.24. The van der Waals surface area contributed by atoms with E-state index in [1.807, 2.05) is 11.8 Å². The van der Waals surface area contributed by atoms with Crippen LogP contribution < -0.4 is 5.32 Å². The highest BCUT2D eigenvalue weighted by Gasteiger charge is 1.90. The Hall–Kier alpha value is 0.460. The number of hydrogen-bond donors (Lipinski definition) is 1. The molecule has 0 heterocycles. The normalized spacial score (nSPS) is 13.3. The highest BCUT2D eigenvalue weighted by Crippen LogP contribution is 1.94. The van der Waals surface area contributed by atoms with Gasteiger partial charge < -0.3 is 5.32 Å². The third-order valence-electron chi connectivity index (χ3n) is 1.19. The molecule has 0 aliphatic heterocycles. The molecule has 0 aromatic heterocycles. The predicted molar refractivity (Wildman–Crippen MR) is 54.8 cm³/mol. The van der Waals surface area contributed by atoms with Gasteiger partial charge in [-0.3, -0.25) is 4.21 Å². The lowest BCUT2D eigenvalue weighted by Crippen LogP contribution is -2.22. The Bertz CT molecular complexity index is 109. The van der Waals surface area contributed by atoms with Gasteiger partial charge in [0.1, 0.15) is 0 Å². The van der Waals surface area contributed by atoms with Crippen molar-refractivity contribution in [2.45, 2.75) is 6.92 Å². The summed E-state index contributed by atoms with van der Waals surface area (Å²) >= 11 is 1.93. The van der Waals surface area contributed by atoms with Crippen LogP contribution >= 0.6 is 11.8 Å². The zero-order valence-corrected chi connectivity index (χ0v) is 8.89. The van der Waals surface area contributed by atoms with Crippen LogP contribution in [-0.4, -0.2) is 40.8 Å². The molecule has 0 bridgehead atoms. The van der Waals surface area contributed by atoms with Gasteiger partial charge in [-0.1, -0.05) is 6.92 Å². The highest BCUT2D eigenvalue weighted by molar-refractivity contribution is 7.99. The van der Waals surface area contributed by atoms with Gasteiger partial charge in [-0.25, -0.2) is 0 Å². The van der Waals surface area contributed by atoms with E-state index in [0.29, 0.717) is 0 Å². The number of hydrogen-bond acceptors (Lipinski definition) is 3. The summed E-state index contributed by atoms with van der Waals surface area (Å²) in [6.07, 6.45) is 1.74. The van der Waals surface area contributed by atoms with E-state index in [0.717, 1.165) is 24.6 Å². The summed E-state index contributed by atoms with van der Waals surface area (Å²) in [4.78, 5) is 0. The average molecular weight is 195 g/mol. The van der Waals surface area contributed by atoms with E-state index in [9.17, 15) is 4.21 Å². The van der Waals surface area contributed by atoms with Crippen molar-refractivity contribution in [1.29, 1.82) is 0 Å². The zero-order chi connectivity index (χ0) is 8.53. The molecule has 0 aromatic rings. The maximum absolute atomic E-state index is 10.6. The quantitative estimate of drug-likeness (QED) is 0.607. The van der Waals surface area contributed by atoms with Gasteiger partial charge in [-0.05, 0) is 5.75 Å². The van der Waals surface area contributed by atoms with E-state index in [-0.39, 0.29) is 0 Å². The van der Waals surface area contributed by atoms with E-state index >= 15 is 0 Å². The van der Waals surface area contributed by atoms with Gasteiger partial charge in [0.15, 0.2) is 0 Å². The van der Waals surface area contributed by atoms with Gasteiger partial charge in [0.05, 0.1) is 0 Å². The minimum Gasteiger partial charge on any atom is -0.315 e. The van der Waals surface area contributed by atoms with Gasteiger partial charge in [0, 0.05) is 41.7 Å². The molecule has 68 valence electrons. The first-order valence-electron chi connectivity index (χ1n) is 3.86. The maximum atomic E-state index is 10.6. The Kier molecular flexibility index (Phi) is 8.91. The molecule has 0 radical (unpaired) electrons. The fourth-order valence-electron chi connectivity index (χ4n) is 0.630. The lowest BCUT2D eigenvalue weighted by atomic mass is 10.7. The van der Waals surface area contributed by atoms with E-state index in [1.54, 1.807) is 6.26 Å². The molecule has 0 fully saturated rings. The van der Waals surface area contributed by atoms with Crippen molar-refractivity contribution < 1.29 is 4.21 Å². The predicted octanol–water partition coefficient (Wildman–Crippen LogP) is 0.708. The van der Waals surface area contributed by atoms with Crippen molar-refractivity contribution in [3.63, 3.8) is 0 Å². The van der Waals surface area contributed by atoms with Crippen molar-refractivity contribution in [2.24, 2.45) is 0 Å². The summed E-state index contributed by atoms with van der Waals surface area (Å²) < 4.78 is 10.6. The Morgan fingerprint density at radius 2 is 2.18 bits per heavy atom. The molecule has 1 atom stereocenters. The van der Waals surface area contributed by atoms with Crippen LogP contribution in [0.5, 0.6) is 0 Å². The summed E-state index contributed by atoms with van der Waals surface area (Å²) in [6.45, 7) is 4.08. The Labute approximate surface area is 76.0 Å². The topological polar surface area (TPSA) is 29.1 Å². The van der Waals surface area contributed by atoms with Crippen LogP contribution in [0.4, 0.5) is 0 Å². The second-order valence-electron chi connectivity index (χ2n) is 2.22. The average Bonchev–Trinajstić information content (AvgIpc) is 1.96. The van der Waals surface area contributed by atoms with Crippen LogP contribution in [0.2, 0.25) is 0 Å². The molecule has 0 spiro atoms. The van der Waals surface area contributed by atoms with Crippen molar-refractivity contribution in [1.82, 2.24) is 5.32 Å². The summed E-state index contributed by atoms with van der Waals surface area (Å²) in [7, 11) is -0.642. The standard InChI is InChI=1S/C7H17NOS2/c1-3-10-6-4-8-5-7-11(2)9/h8H,3-7H2,1-2H3. The van der Waals surface area contributed by atoms with Gasteiger partial charge in [-0.2, -0.15) is 11.8 Å². The Morgan fingerprint density at radius 3 is 2.73 bits per heavy atom. The van der Waals surface area contributed by atoms with Gasteiger partial charge in [-0.15, -0.1) is 0 Å². The summed E-state index contributed by atoms with van der Waals surface area (Å²) in [5.41, 5.74) is 0. The Morgan fingerprint density at radius 1 is 1.45 bits per heavy atom. The lowest BCUT2D eigenvalue weighted by Gasteiger charge is -2.01. The van der Waals surface area contributed by atoms with Crippen molar-refractivity contribution >= 4 is 22.6 Å². The minimum absolute atomic E-state index is 0.642. The second kappa shape index (κ2) is 8.56. The van der Waals surface area contributed by atoms with Gasteiger partial charge in [0.2, 0.25) is 0 Å². The molecule has 0 aliphatic carbocycles. The molecular weight excluding hydrogens is 178 g/mol. The number of rotatable bonds is 7. The monoisotopic (exact) mass is 195 g/mol. The lowest BCUT2D eigenvalue weighted by molar-refractivity contribution is 0.681. The van der Waals surface area contributed by atoms with Crippen LogP contribution in [0.3, 0.4) is 0 Å². The van der Waals surface area contributed by atoms with Gasteiger partial charge >= 0.3 is 0 Å². The first kappa shape index (κ1) is 11.5. The van der Waals surface area contributed by atoms with Crippen LogP contribution in [0.25, 0.3) is 0 Å². The van der Waals surface area contributed by atoms with E-state index < -0.39 is 10.8 Å². The smallest absolute Gasteiger partial charge is 0.0357 e. The van der Waals surface area contributed by atoms with Crippen LogP contribution in [0.15, 0.2) is 0 Å². The maximum Gasteiger partial charge on any atom is 0.0357 e. The molecule has 0 amide bonds. The van der Waals surface area contributed by atoms with Gasteiger partial charge in [0.25, 0.3) is 0 Å². The molecule has 2 nitrogen and oxygen atoms in total. The fourth-order valence-corrected chi connectivity index (χ4v) is 1.64. The van der Waals surface area contributed by atoms with E-state index in [1.165, 1.54) is 5.75 Å². The Balaban J connectivity index is 2.85. The molecule has 1 unspecified atom stereocenters. The molecule has 4 heteroatoms. The third-order valence-corrected chi connectivity index (χ3v) is 2.87. The second-order valence-corrected chi connectivity index (χ2v) is 5.17. The van der Waals surface area contributed by atoms with Crippen molar-refractivity contribution in [3.05, 3.63) is 0 Å². The fraction of sp³-hybridized carbons (Fsp3) is 1.00.